The van der Waals surface area contributed by atoms with Gasteiger partial charge in [-0.25, -0.2) is 0 Å². The lowest BCUT2D eigenvalue weighted by Gasteiger charge is -2.34. The Hall–Kier alpha value is -2.30. The minimum Gasteiger partial charge on any atom is -0.494 e. The maximum atomic E-state index is 11.3. The van der Waals surface area contributed by atoms with E-state index in [4.69, 9.17) is 4.74 Å². The first kappa shape index (κ1) is 14.6. The summed E-state index contributed by atoms with van der Waals surface area (Å²) in [5, 5.41) is 10.3. The van der Waals surface area contributed by atoms with Crippen LogP contribution in [0.4, 0.5) is 5.69 Å². The van der Waals surface area contributed by atoms with Gasteiger partial charge in [0.05, 0.1) is 18.7 Å². The van der Waals surface area contributed by atoms with E-state index in [2.05, 4.69) is 9.88 Å². The van der Waals surface area contributed by atoms with Gasteiger partial charge in [-0.05, 0) is 31.4 Å². The zero-order valence-electron chi connectivity index (χ0n) is 12.9. The smallest absolute Gasteiger partial charge is 0.308 e. The number of para-hydroxylation sites is 1. The van der Waals surface area contributed by atoms with Crippen LogP contribution in [0.5, 0.6) is 5.75 Å². The van der Waals surface area contributed by atoms with Crippen molar-refractivity contribution in [3.05, 3.63) is 30.0 Å². The molecular weight excluding hydrogens is 280 g/mol. The summed E-state index contributed by atoms with van der Waals surface area (Å²) in [5.74, 6) is -0.272. The Kier molecular flexibility index (Phi) is 3.88. The summed E-state index contributed by atoms with van der Waals surface area (Å²) in [5.41, 5.74) is 2.96. The first-order valence-corrected chi connectivity index (χ1v) is 7.52. The molecule has 2 aromatic rings. The topological polar surface area (TPSA) is 62.7 Å². The zero-order chi connectivity index (χ0) is 15.7. The highest BCUT2D eigenvalue weighted by atomic mass is 16.5. The molecule has 1 aromatic heterocycles. The fourth-order valence-corrected chi connectivity index (χ4v) is 3.25. The number of ether oxygens (including phenoxy) is 1. The number of aromatic nitrogens is 1. The molecule has 2 heterocycles. The van der Waals surface area contributed by atoms with E-state index >= 15 is 0 Å². The van der Waals surface area contributed by atoms with Gasteiger partial charge in [0, 0.05) is 24.7 Å². The van der Waals surface area contributed by atoms with Gasteiger partial charge in [-0.1, -0.05) is 12.1 Å². The number of benzene rings is 1. The van der Waals surface area contributed by atoms with Gasteiger partial charge in [0.25, 0.3) is 0 Å². The number of carboxylic acids is 1. The van der Waals surface area contributed by atoms with E-state index in [1.54, 1.807) is 7.11 Å². The molecule has 1 N–H and O–H groups in total. The molecule has 1 fully saturated rings. The molecule has 5 heteroatoms. The van der Waals surface area contributed by atoms with Crippen LogP contribution in [0.2, 0.25) is 0 Å². The summed E-state index contributed by atoms with van der Waals surface area (Å²) in [4.78, 5) is 18.0. The van der Waals surface area contributed by atoms with E-state index in [0.717, 1.165) is 47.3 Å². The summed E-state index contributed by atoms with van der Waals surface area (Å²) in [6.45, 7) is 3.44. The van der Waals surface area contributed by atoms with Crippen LogP contribution in [-0.4, -0.2) is 36.3 Å². The Labute approximate surface area is 129 Å². The van der Waals surface area contributed by atoms with Crippen LogP contribution in [0, 0.1) is 12.8 Å². The maximum Gasteiger partial charge on any atom is 0.308 e. The molecule has 0 bridgehead atoms. The van der Waals surface area contributed by atoms with E-state index in [0.29, 0.717) is 6.54 Å². The second-order valence-corrected chi connectivity index (χ2v) is 5.77. The molecule has 5 nitrogen and oxygen atoms in total. The third kappa shape index (κ3) is 2.47. The molecule has 1 aliphatic heterocycles. The number of anilines is 1. The molecule has 3 rings (SSSR count). The zero-order valence-corrected chi connectivity index (χ0v) is 12.9. The number of piperidine rings is 1. The molecule has 1 saturated heterocycles. The monoisotopic (exact) mass is 300 g/mol. The van der Waals surface area contributed by atoms with Crippen LogP contribution < -0.4 is 9.64 Å². The van der Waals surface area contributed by atoms with E-state index in [9.17, 15) is 9.90 Å². The van der Waals surface area contributed by atoms with Crippen LogP contribution in [0.15, 0.2) is 24.4 Å². The van der Waals surface area contributed by atoms with Crippen molar-refractivity contribution in [2.75, 3.05) is 25.1 Å². The van der Waals surface area contributed by atoms with Crippen LogP contribution in [0.25, 0.3) is 10.9 Å². The lowest BCUT2D eigenvalue weighted by atomic mass is 9.96. The summed E-state index contributed by atoms with van der Waals surface area (Å²) < 4.78 is 5.39. The van der Waals surface area contributed by atoms with Crippen molar-refractivity contribution in [2.24, 2.45) is 5.92 Å². The van der Waals surface area contributed by atoms with Gasteiger partial charge in [0.15, 0.2) is 0 Å². The highest BCUT2D eigenvalue weighted by Gasteiger charge is 2.27. The van der Waals surface area contributed by atoms with Crippen molar-refractivity contribution < 1.29 is 14.6 Å². The van der Waals surface area contributed by atoms with E-state index in [1.807, 2.05) is 31.3 Å². The van der Waals surface area contributed by atoms with Crippen molar-refractivity contribution in [2.45, 2.75) is 19.8 Å². The standard InChI is InChI=1S/C17H20N2O3/c1-11-9-18-15-13(6-3-7-14(15)22-2)16(11)19-8-4-5-12(10-19)17(20)21/h3,6-7,9,12H,4-5,8,10H2,1-2H3,(H,20,21). The second-order valence-electron chi connectivity index (χ2n) is 5.77. The predicted octanol–water partition coefficient (Wildman–Crippen LogP) is 2.85. The number of nitrogens with zero attached hydrogens (tertiary/aromatic N) is 2. The summed E-state index contributed by atoms with van der Waals surface area (Å²) >= 11 is 0. The average Bonchev–Trinajstić information content (AvgIpc) is 2.54. The lowest BCUT2D eigenvalue weighted by molar-refractivity contribution is -0.141. The van der Waals surface area contributed by atoms with E-state index < -0.39 is 5.97 Å². The van der Waals surface area contributed by atoms with Crippen LogP contribution >= 0.6 is 0 Å². The number of hydrogen-bond donors (Lipinski definition) is 1. The fraction of sp³-hybridized carbons (Fsp3) is 0.412. The maximum absolute atomic E-state index is 11.3. The minimum absolute atomic E-state index is 0.304. The van der Waals surface area contributed by atoms with Crippen LogP contribution in [0.1, 0.15) is 18.4 Å². The van der Waals surface area contributed by atoms with Crippen LogP contribution in [-0.2, 0) is 4.79 Å². The van der Waals surface area contributed by atoms with Crippen molar-refractivity contribution in [3.63, 3.8) is 0 Å². The molecule has 1 aliphatic rings. The summed E-state index contributed by atoms with van der Waals surface area (Å²) in [6, 6.07) is 5.87. The number of methoxy groups -OCH3 is 1. The minimum atomic E-state index is -0.710. The number of pyridine rings is 1. The van der Waals surface area contributed by atoms with Crippen LogP contribution in [0.3, 0.4) is 0 Å². The van der Waals surface area contributed by atoms with Gasteiger partial charge in [0.2, 0.25) is 0 Å². The normalized spacial score (nSPS) is 18.5. The molecule has 0 spiro atoms. The summed E-state index contributed by atoms with van der Waals surface area (Å²) in [6.07, 6.45) is 3.48. The molecule has 0 aliphatic carbocycles. The molecule has 116 valence electrons. The van der Waals surface area contributed by atoms with Crippen molar-refractivity contribution in [1.29, 1.82) is 0 Å². The Morgan fingerprint density at radius 3 is 3.00 bits per heavy atom. The first-order chi connectivity index (χ1) is 10.6. The first-order valence-electron chi connectivity index (χ1n) is 7.52. The Morgan fingerprint density at radius 2 is 2.27 bits per heavy atom. The largest absolute Gasteiger partial charge is 0.494 e. The number of aliphatic carboxylic acids is 1. The van der Waals surface area contributed by atoms with E-state index in [1.165, 1.54) is 0 Å². The number of aryl methyl sites for hydroxylation is 1. The highest BCUT2D eigenvalue weighted by molar-refractivity contribution is 5.96. The lowest BCUT2D eigenvalue weighted by Crippen LogP contribution is -2.39. The van der Waals surface area contributed by atoms with E-state index in [-0.39, 0.29) is 5.92 Å². The van der Waals surface area contributed by atoms with Gasteiger partial charge < -0.3 is 14.7 Å². The SMILES string of the molecule is COc1cccc2c(N3CCCC(C(=O)O)C3)c(C)cnc12. The van der Waals surface area contributed by atoms with Crippen molar-refractivity contribution >= 4 is 22.6 Å². The molecule has 1 unspecified atom stereocenters. The Morgan fingerprint density at radius 1 is 1.45 bits per heavy atom. The predicted molar refractivity (Wildman–Crippen MR) is 85.6 cm³/mol. The average molecular weight is 300 g/mol. The van der Waals surface area contributed by atoms with Gasteiger partial charge in [-0.15, -0.1) is 0 Å². The Bertz CT molecular complexity index is 714. The van der Waals surface area contributed by atoms with Gasteiger partial charge in [-0.2, -0.15) is 0 Å². The molecule has 0 amide bonds. The fourth-order valence-electron chi connectivity index (χ4n) is 3.25. The molecular formula is C17H20N2O3. The molecule has 0 saturated carbocycles. The summed E-state index contributed by atoms with van der Waals surface area (Å²) in [7, 11) is 1.64. The molecule has 1 aromatic carbocycles. The number of rotatable bonds is 3. The molecule has 0 radical (unpaired) electrons. The third-order valence-corrected chi connectivity index (χ3v) is 4.32. The van der Waals surface area contributed by atoms with Gasteiger partial charge >= 0.3 is 5.97 Å². The van der Waals surface area contributed by atoms with Crippen molar-refractivity contribution in [1.82, 2.24) is 4.98 Å². The molecule has 1 atom stereocenters. The number of hydrogen-bond acceptors (Lipinski definition) is 4. The number of fused-ring (bicyclic) bond motifs is 1. The third-order valence-electron chi connectivity index (χ3n) is 4.32. The number of carboxylic acid groups (broad SMARTS) is 1. The second kappa shape index (κ2) is 5.83. The highest BCUT2D eigenvalue weighted by Crippen LogP contribution is 2.35. The number of carbonyl (C=O) groups is 1. The molecule has 22 heavy (non-hydrogen) atoms. The Balaban J connectivity index is 2.09. The van der Waals surface area contributed by atoms with Gasteiger partial charge in [-0.3, -0.25) is 9.78 Å². The quantitative estimate of drug-likeness (QED) is 0.944. The van der Waals surface area contributed by atoms with Gasteiger partial charge in [0.1, 0.15) is 11.3 Å². The van der Waals surface area contributed by atoms with Crippen molar-refractivity contribution in [3.8, 4) is 5.75 Å².